The van der Waals surface area contributed by atoms with Crippen molar-refractivity contribution in [3.8, 4) is 0 Å². The number of anilines is 1. The summed E-state index contributed by atoms with van der Waals surface area (Å²) in [5, 5.41) is 11.2. The Kier molecular flexibility index (Phi) is 7.36. The second-order valence-electron chi connectivity index (χ2n) is 8.05. The van der Waals surface area contributed by atoms with Gasteiger partial charge in [0.2, 0.25) is 0 Å². The number of carbonyl (C=O) groups excluding carboxylic acids is 2. The molecule has 1 aliphatic heterocycles. The Hall–Kier alpha value is -3.12. The molecule has 2 aromatic carbocycles. The van der Waals surface area contributed by atoms with Gasteiger partial charge < -0.3 is 19.6 Å². The fourth-order valence-corrected chi connectivity index (χ4v) is 4.15. The lowest BCUT2D eigenvalue weighted by Gasteiger charge is -2.26. The lowest BCUT2D eigenvalue weighted by atomic mass is 9.94. The molecule has 0 spiro atoms. The van der Waals surface area contributed by atoms with Crippen LogP contribution in [-0.2, 0) is 14.3 Å². The smallest absolute Gasteiger partial charge is 0.295 e. The van der Waals surface area contributed by atoms with Gasteiger partial charge in [-0.15, -0.1) is 0 Å². The highest BCUT2D eigenvalue weighted by Crippen LogP contribution is 2.39. The highest BCUT2D eigenvalue weighted by molar-refractivity contribution is 6.46. The quantitative estimate of drug-likeness (QED) is 0.381. The first kappa shape index (κ1) is 23.5. The number of aryl methyl sites for hydroxylation is 2. The van der Waals surface area contributed by atoms with Crippen molar-refractivity contribution in [2.45, 2.75) is 33.7 Å². The SMILES string of the molecule is CCN(CC)c1ccc(C2/C(=C(/O)c3ccc(C)c(C)c3)C(=O)C(=O)N2CCOC)cc1. The number of ether oxygens (including phenoxy) is 1. The van der Waals surface area contributed by atoms with Gasteiger partial charge in [-0.3, -0.25) is 9.59 Å². The Labute approximate surface area is 190 Å². The van der Waals surface area contributed by atoms with Crippen LogP contribution in [0, 0.1) is 13.8 Å². The molecule has 0 radical (unpaired) electrons. The summed E-state index contributed by atoms with van der Waals surface area (Å²) < 4.78 is 5.17. The Balaban J connectivity index is 2.12. The number of hydrogen-bond acceptors (Lipinski definition) is 5. The van der Waals surface area contributed by atoms with Crippen LogP contribution in [0.2, 0.25) is 0 Å². The van der Waals surface area contributed by atoms with E-state index in [1.54, 1.807) is 13.2 Å². The zero-order valence-electron chi connectivity index (χ0n) is 19.5. The fourth-order valence-electron chi connectivity index (χ4n) is 4.15. The van der Waals surface area contributed by atoms with Crippen molar-refractivity contribution in [1.82, 2.24) is 4.90 Å². The molecular formula is C26H32N2O4. The van der Waals surface area contributed by atoms with Crippen LogP contribution in [0.5, 0.6) is 0 Å². The number of amides is 1. The molecule has 0 aromatic heterocycles. The number of ketones is 1. The third kappa shape index (κ3) is 4.41. The van der Waals surface area contributed by atoms with Gasteiger partial charge >= 0.3 is 0 Å². The predicted molar refractivity (Wildman–Crippen MR) is 127 cm³/mol. The van der Waals surface area contributed by atoms with Crippen molar-refractivity contribution in [2.75, 3.05) is 38.3 Å². The van der Waals surface area contributed by atoms with Crippen molar-refractivity contribution < 1.29 is 19.4 Å². The van der Waals surface area contributed by atoms with Gasteiger partial charge in [0, 0.05) is 38.0 Å². The molecule has 0 saturated carbocycles. The highest BCUT2D eigenvalue weighted by atomic mass is 16.5. The average molecular weight is 437 g/mol. The molecule has 1 saturated heterocycles. The Morgan fingerprint density at radius 2 is 1.69 bits per heavy atom. The molecule has 0 aliphatic carbocycles. The molecule has 1 aliphatic rings. The molecule has 1 unspecified atom stereocenters. The van der Waals surface area contributed by atoms with Crippen LogP contribution in [0.15, 0.2) is 48.0 Å². The van der Waals surface area contributed by atoms with Crippen LogP contribution in [0.1, 0.15) is 42.1 Å². The van der Waals surface area contributed by atoms with E-state index in [1.165, 1.54) is 4.90 Å². The van der Waals surface area contributed by atoms with E-state index in [2.05, 4.69) is 18.7 Å². The third-order valence-corrected chi connectivity index (χ3v) is 6.19. The van der Waals surface area contributed by atoms with Gasteiger partial charge in [-0.25, -0.2) is 0 Å². The lowest BCUT2D eigenvalue weighted by Crippen LogP contribution is -2.32. The summed E-state index contributed by atoms with van der Waals surface area (Å²) in [6.45, 7) is 10.5. The van der Waals surface area contributed by atoms with Crippen molar-refractivity contribution in [2.24, 2.45) is 0 Å². The van der Waals surface area contributed by atoms with E-state index >= 15 is 0 Å². The number of rotatable bonds is 8. The molecule has 3 rings (SSSR count). The molecule has 32 heavy (non-hydrogen) atoms. The first-order chi connectivity index (χ1) is 15.3. The van der Waals surface area contributed by atoms with Gasteiger partial charge in [0.1, 0.15) is 5.76 Å². The summed E-state index contributed by atoms with van der Waals surface area (Å²) in [4.78, 5) is 29.7. The van der Waals surface area contributed by atoms with Crippen molar-refractivity contribution in [3.63, 3.8) is 0 Å². The normalized spacial score (nSPS) is 17.8. The first-order valence-corrected chi connectivity index (χ1v) is 11.0. The number of likely N-dealkylation sites (tertiary alicyclic amines) is 1. The van der Waals surface area contributed by atoms with Gasteiger partial charge in [0.15, 0.2) is 0 Å². The molecule has 2 aromatic rings. The maximum atomic E-state index is 13.0. The Morgan fingerprint density at radius 3 is 2.25 bits per heavy atom. The molecule has 170 valence electrons. The average Bonchev–Trinajstić information content (AvgIpc) is 3.05. The van der Waals surface area contributed by atoms with Gasteiger partial charge in [-0.2, -0.15) is 0 Å². The number of aliphatic hydroxyl groups is 1. The van der Waals surface area contributed by atoms with E-state index in [-0.39, 0.29) is 17.9 Å². The molecule has 6 nitrogen and oxygen atoms in total. The summed E-state index contributed by atoms with van der Waals surface area (Å²) in [6.07, 6.45) is 0. The zero-order valence-corrected chi connectivity index (χ0v) is 19.5. The summed E-state index contributed by atoms with van der Waals surface area (Å²) in [5.74, 6) is -1.44. The highest BCUT2D eigenvalue weighted by Gasteiger charge is 2.45. The van der Waals surface area contributed by atoms with E-state index in [1.807, 2.05) is 50.2 Å². The van der Waals surface area contributed by atoms with Gasteiger partial charge in [0.05, 0.1) is 18.2 Å². The van der Waals surface area contributed by atoms with Crippen LogP contribution in [0.25, 0.3) is 5.76 Å². The van der Waals surface area contributed by atoms with Crippen molar-refractivity contribution >= 4 is 23.1 Å². The molecule has 1 atom stereocenters. The molecule has 1 amide bonds. The maximum Gasteiger partial charge on any atom is 0.295 e. The van der Waals surface area contributed by atoms with E-state index in [9.17, 15) is 14.7 Å². The standard InChI is InChI=1S/C26H32N2O4/c1-6-27(7-2)21-12-10-19(11-13-21)23-22(25(30)26(31)28(23)14-15-32-5)24(29)20-9-8-17(3)18(4)16-20/h8-13,16,23,29H,6-7,14-15H2,1-5H3/b24-22-. The second kappa shape index (κ2) is 10.0. The van der Waals surface area contributed by atoms with Gasteiger partial charge in [0.25, 0.3) is 11.7 Å². The van der Waals surface area contributed by atoms with Gasteiger partial charge in [-0.05, 0) is 62.6 Å². The molecule has 0 bridgehead atoms. The Morgan fingerprint density at radius 1 is 1.03 bits per heavy atom. The number of aliphatic hydroxyl groups excluding tert-OH is 1. The van der Waals surface area contributed by atoms with Crippen LogP contribution < -0.4 is 4.90 Å². The number of benzene rings is 2. The van der Waals surface area contributed by atoms with E-state index < -0.39 is 17.7 Å². The monoisotopic (exact) mass is 436 g/mol. The molecule has 1 fully saturated rings. The van der Waals surface area contributed by atoms with E-state index in [4.69, 9.17) is 4.74 Å². The van der Waals surface area contributed by atoms with E-state index in [0.717, 1.165) is 35.5 Å². The number of hydrogen-bond donors (Lipinski definition) is 1. The molecule has 1 N–H and O–H groups in total. The van der Waals surface area contributed by atoms with Crippen LogP contribution >= 0.6 is 0 Å². The summed E-state index contributed by atoms with van der Waals surface area (Å²) in [6, 6.07) is 12.7. The second-order valence-corrected chi connectivity index (χ2v) is 8.05. The van der Waals surface area contributed by atoms with Crippen molar-refractivity contribution in [3.05, 3.63) is 70.3 Å². The largest absolute Gasteiger partial charge is 0.507 e. The number of methoxy groups -OCH3 is 1. The summed E-state index contributed by atoms with van der Waals surface area (Å²) in [5.41, 5.74) is 4.59. The lowest BCUT2D eigenvalue weighted by molar-refractivity contribution is -0.140. The van der Waals surface area contributed by atoms with Crippen LogP contribution in [-0.4, -0.2) is 55.0 Å². The fraction of sp³-hybridized carbons (Fsp3) is 0.385. The predicted octanol–water partition coefficient (Wildman–Crippen LogP) is 4.22. The minimum atomic E-state index is -0.672. The van der Waals surface area contributed by atoms with Crippen molar-refractivity contribution in [1.29, 1.82) is 0 Å². The number of nitrogens with zero attached hydrogens (tertiary/aromatic N) is 2. The molecule has 1 heterocycles. The molecule has 6 heteroatoms. The maximum absolute atomic E-state index is 13.0. The minimum Gasteiger partial charge on any atom is -0.507 e. The third-order valence-electron chi connectivity index (χ3n) is 6.19. The summed E-state index contributed by atoms with van der Waals surface area (Å²) in [7, 11) is 1.56. The Bertz CT molecular complexity index is 1020. The first-order valence-electron chi connectivity index (χ1n) is 11.0. The number of Topliss-reactive ketones (excluding diaryl/α,β-unsaturated/α-hetero) is 1. The number of carbonyl (C=O) groups is 2. The minimum absolute atomic E-state index is 0.116. The topological polar surface area (TPSA) is 70.1 Å². The van der Waals surface area contributed by atoms with Crippen LogP contribution in [0.3, 0.4) is 0 Å². The van der Waals surface area contributed by atoms with Gasteiger partial charge in [-0.1, -0.05) is 24.3 Å². The van der Waals surface area contributed by atoms with E-state index in [0.29, 0.717) is 12.2 Å². The summed E-state index contributed by atoms with van der Waals surface area (Å²) >= 11 is 0. The molecular weight excluding hydrogens is 404 g/mol. The zero-order chi connectivity index (χ0) is 23.4. The van der Waals surface area contributed by atoms with Crippen LogP contribution in [0.4, 0.5) is 5.69 Å².